The Balaban J connectivity index is 1.75. The Kier molecular flexibility index (Phi) is 3.64. The highest BCUT2D eigenvalue weighted by atomic mass is 16.4. The molecule has 1 fully saturated rings. The molecule has 1 aliphatic rings. The topological polar surface area (TPSA) is 82.2 Å². The van der Waals surface area contributed by atoms with Gasteiger partial charge in [-0.05, 0) is 43.4 Å². The Morgan fingerprint density at radius 2 is 2.14 bits per heavy atom. The van der Waals surface area contributed by atoms with E-state index in [1.165, 1.54) is 0 Å². The summed E-state index contributed by atoms with van der Waals surface area (Å²) in [4.78, 5) is 26.5. The molecule has 3 N–H and O–H groups in total. The summed E-state index contributed by atoms with van der Waals surface area (Å²) in [6.45, 7) is 2.02. The van der Waals surface area contributed by atoms with E-state index in [9.17, 15) is 9.59 Å². The molecule has 22 heavy (non-hydrogen) atoms. The molecule has 1 aromatic heterocycles. The Labute approximate surface area is 128 Å². The van der Waals surface area contributed by atoms with E-state index in [0.717, 1.165) is 41.3 Å². The van der Waals surface area contributed by atoms with Gasteiger partial charge in [0.1, 0.15) is 0 Å². The fourth-order valence-corrected chi connectivity index (χ4v) is 3.34. The molecule has 116 valence electrons. The first-order chi connectivity index (χ1) is 10.5. The van der Waals surface area contributed by atoms with Gasteiger partial charge < -0.3 is 15.4 Å². The van der Waals surface area contributed by atoms with Crippen molar-refractivity contribution >= 4 is 22.8 Å². The van der Waals surface area contributed by atoms with Crippen molar-refractivity contribution < 1.29 is 14.7 Å². The minimum absolute atomic E-state index is 0.00561. The van der Waals surface area contributed by atoms with Crippen LogP contribution in [-0.2, 0) is 16.0 Å². The number of H-pyrrole nitrogens is 1. The SMILES string of the molecule is Cc1cccc2[nH]cc(CC(=O)NC3(CC(=O)O)CCC3)c12. The smallest absolute Gasteiger partial charge is 0.305 e. The van der Waals surface area contributed by atoms with Crippen LogP contribution in [0.2, 0.25) is 0 Å². The number of aryl methyl sites for hydroxylation is 1. The van der Waals surface area contributed by atoms with E-state index < -0.39 is 11.5 Å². The van der Waals surface area contributed by atoms with Crippen LogP contribution in [-0.4, -0.2) is 27.5 Å². The lowest BCUT2D eigenvalue weighted by Crippen LogP contribution is -2.55. The standard InChI is InChI=1S/C17H20N2O3/c1-11-4-2-5-13-16(11)12(10-18-13)8-14(20)19-17(6-3-7-17)9-15(21)22/h2,4-5,10,18H,3,6-9H2,1H3,(H,19,20)(H,21,22). The number of benzene rings is 1. The predicted molar refractivity (Wildman–Crippen MR) is 83.7 cm³/mol. The number of amides is 1. The van der Waals surface area contributed by atoms with Crippen molar-refractivity contribution in [2.24, 2.45) is 0 Å². The molecule has 0 aliphatic heterocycles. The summed E-state index contributed by atoms with van der Waals surface area (Å²) in [6, 6.07) is 5.99. The molecule has 3 rings (SSSR count). The van der Waals surface area contributed by atoms with Crippen molar-refractivity contribution in [1.29, 1.82) is 0 Å². The summed E-state index contributed by atoms with van der Waals surface area (Å²) in [5.74, 6) is -0.965. The molecule has 1 aromatic carbocycles. The van der Waals surface area contributed by atoms with Crippen LogP contribution in [0.3, 0.4) is 0 Å². The molecular weight excluding hydrogens is 280 g/mol. The van der Waals surface area contributed by atoms with E-state index in [4.69, 9.17) is 5.11 Å². The molecule has 5 nitrogen and oxygen atoms in total. The van der Waals surface area contributed by atoms with Crippen molar-refractivity contribution in [3.63, 3.8) is 0 Å². The maximum Gasteiger partial charge on any atom is 0.305 e. The molecule has 1 saturated carbocycles. The quantitative estimate of drug-likeness (QED) is 0.793. The molecule has 5 heteroatoms. The molecule has 1 heterocycles. The van der Waals surface area contributed by atoms with Crippen LogP contribution in [0, 0.1) is 6.92 Å². The number of aliphatic carboxylic acids is 1. The monoisotopic (exact) mass is 300 g/mol. The highest BCUT2D eigenvalue weighted by molar-refractivity contribution is 5.91. The van der Waals surface area contributed by atoms with Crippen LogP contribution in [0.4, 0.5) is 0 Å². The van der Waals surface area contributed by atoms with E-state index in [2.05, 4.69) is 10.3 Å². The largest absolute Gasteiger partial charge is 0.481 e. The lowest BCUT2D eigenvalue weighted by Gasteiger charge is -2.41. The summed E-state index contributed by atoms with van der Waals surface area (Å²) in [6.07, 6.45) is 4.61. The molecule has 0 radical (unpaired) electrons. The fraction of sp³-hybridized carbons (Fsp3) is 0.412. The molecule has 0 spiro atoms. The van der Waals surface area contributed by atoms with E-state index in [1.54, 1.807) is 0 Å². The van der Waals surface area contributed by atoms with Crippen LogP contribution in [0.25, 0.3) is 10.9 Å². The second-order valence-electron chi connectivity index (χ2n) is 6.24. The van der Waals surface area contributed by atoms with Crippen molar-refractivity contribution in [2.45, 2.75) is 44.6 Å². The highest BCUT2D eigenvalue weighted by Crippen LogP contribution is 2.35. The Morgan fingerprint density at radius 1 is 1.36 bits per heavy atom. The maximum absolute atomic E-state index is 12.3. The summed E-state index contributed by atoms with van der Waals surface area (Å²) < 4.78 is 0. The maximum atomic E-state index is 12.3. The van der Waals surface area contributed by atoms with Gasteiger partial charge in [0.2, 0.25) is 5.91 Å². The predicted octanol–water partition coefficient (Wildman–Crippen LogP) is 2.53. The van der Waals surface area contributed by atoms with Gasteiger partial charge in [0.25, 0.3) is 0 Å². The average Bonchev–Trinajstić information content (AvgIpc) is 2.80. The number of hydrogen-bond acceptors (Lipinski definition) is 2. The molecule has 1 aliphatic carbocycles. The number of rotatable bonds is 5. The van der Waals surface area contributed by atoms with Crippen molar-refractivity contribution in [3.05, 3.63) is 35.5 Å². The number of carboxylic acids is 1. The van der Waals surface area contributed by atoms with Gasteiger partial charge in [-0.2, -0.15) is 0 Å². The molecular formula is C17H20N2O3. The second kappa shape index (κ2) is 5.48. The first kappa shape index (κ1) is 14.6. The fourth-order valence-electron chi connectivity index (χ4n) is 3.34. The summed E-state index contributed by atoms with van der Waals surface area (Å²) in [5, 5.41) is 13.0. The zero-order valence-electron chi connectivity index (χ0n) is 12.6. The highest BCUT2D eigenvalue weighted by Gasteiger charge is 2.40. The van der Waals surface area contributed by atoms with Crippen molar-refractivity contribution in [3.8, 4) is 0 Å². The Hall–Kier alpha value is -2.30. The minimum atomic E-state index is -0.858. The Morgan fingerprint density at radius 3 is 2.77 bits per heavy atom. The molecule has 1 amide bonds. The van der Waals surface area contributed by atoms with Crippen molar-refractivity contribution in [2.75, 3.05) is 0 Å². The lowest BCUT2D eigenvalue weighted by molar-refractivity contribution is -0.140. The average molecular weight is 300 g/mol. The van der Waals surface area contributed by atoms with E-state index >= 15 is 0 Å². The van der Waals surface area contributed by atoms with Crippen molar-refractivity contribution in [1.82, 2.24) is 10.3 Å². The first-order valence-corrected chi connectivity index (χ1v) is 7.57. The number of aromatic amines is 1. The minimum Gasteiger partial charge on any atom is -0.481 e. The zero-order valence-corrected chi connectivity index (χ0v) is 12.6. The van der Waals surface area contributed by atoms with Gasteiger partial charge >= 0.3 is 5.97 Å². The van der Waals surface area contributed by atoms with E-state index in [0.29, 0.717) is 0 Å². The first-order valence-electron chi connectivity index (χ1n) is 7.57. The molecule has 2 aromatic rings. The van der Waals surface area contributed by atoms with Crippen LogP contribution in [0.5, 0.6) is 0 Å². The summed E-state index contributed by atoms with van der Waals surface area (Å²) in [5.41, 5.74) is 2.57. The summed E-state index contributed by atoms with van der Waals surface area (Å²) in [7, 11) is 0. The van der Waals surface area contributed by atoms with Gasteiger partial charge in [-0.1, -0.05) is 12.1 Å². The lowest BCUT2D eigenvalue weighted by atomic mass is 9.74. The van der Waals surface area contributed by atoms with E-state index in [-0.39, 0.29) is 18.7 Å². The zero-order chi connectivity index (χ0) is 15.7. The Bertz CT molecular complexity index is 729. The molecule has 0 unspecified atom stereocenters. The van der Waals surface area contributed by atoms with Crippen LogP contribution < -0.4 is 5.32 Å². The third-order valence-corrected chi connectivity index (χ3v) is 4.55. The molecule has 0 atom stereocenters. The van der Waals surface area contributed by atoms with Gasteiger partial charge in [0.15, 0.2) is 0 Å². The number of nitrogens with one attached hydrogen (secondary N) is 2. The normalized spacial score (nSPS) is 16.2. The van der Waals surface area contributed by atoms with Crippen LogP contribution in [0.15, 0.2) is 24.4 Å². The summed E-state index contributed by atoms with van der Waals surface area (Å²) >= 11 is 0. The third-order valence-electron chi connectivity index (χ3n) is 4.55. The van der Waals surface area contributed by atoms with Gasteiger partial charge in [-0.3, -0.25) is 9.59 Å². The third kappa shape index (κ3) is 2.71. The van der Waals surface area contributed by atoms with Gasteiger partial charge in [-0.15, -0.1) is 0 Å². The van der Waals surface area contributed by atoms with E-state index in [1.807, 2.05) is 31.3 Å². The number of carbonyl (C=O) groups excluding carboxylic acids is 1. The number of hydrogen-bond donors (Lipinski definition) is 3. The molecule has 0 saturated heterocycles. The van der Waals surface area contributed by atoms with Gasteiger partial charge in [0, 0.05) is 17.1 Å². The molecule has 0 bridgehead atoms. The van der Waals surface area contributed by atoms with Crippen LogP contribution in [0.1, 0.15) is 36.8 Å². The number of carbonyl (C=O) groups is 2. The number of carboxylic acid groups (broad SMARTS) is 1. The van der Waals surface area contributed by atoms with Crippen LogP contribution >= 0.6 is 0 Å². The second-order valence-corrected chi connectivity index (χ2v) is 6.24. The number of aromatic nitrogens is 1. The van der Waals surface area contributed by atoms with Gasteiger partial charge in [-0.25, -0.2) is 0 Å². The number of fused-ring (bicyclic) bond motifs is 1. The van der Waals surface area contributed by atoms with Gasteiger partial charge in [0.05, 0.1) is 18.4 Å².